The monoisotopic (exact) mass is 277 g/mol. The van der Waals surface area contributed by atoms with E-state index in [4.69, 9.17) is 16.7 Å². The Bertz CT molecular complexity index is 662. The Kier molecular flexibility index (Phi) is 2.78. The van der Waals surface area contributed by atoms with Crippen molar-refractivity contribution in [2.45, 2.75) is 25.7 Å². The number of aromatic carboxylic acids is 1. The molecule has 0 saturated heterocycles. The van der Waals surface area contributed by atoms with Crippen molar-refractivity contribution in [2.75, 3.05) is 0 Å². The van der Waals surface area contributed by atoms with E-state index < -0.39 is 5.97 Å². The van der Waals surface area contributed by atoms with Crippen molar-refractivity contribution in [1.82, 2.24) is 15.0 Å². The molecular weight excluding hydrogens is 266 g/mol. The zero-order valence-electron chi connectivity index (χ0n) is 10.3. The van der Waals surface area contributed by atoms with Crippen LogP contribution in [0, 0.1) is 6.92 Å². The topological polar surface area (TPSA) is 68.0 Å². The quantitative estimate of drug-likeness (QED) is 0.937. The van der Waals surface area contributed by atoms with Gasteiger partial charge in [-0.25, -0.2) is 9.48 Å². The van der Waals surface area contributed by atoms with Gasteiger partial charge in [0.15, 0.2) is 5.69 Å². The zero-order chi connectivity index (χ0) is 13.6. The number of benzene rings is 1. The third-order valence-corrected chi connectivity index (χ3v) is 3.57. The van der Waals surface area contributed by atoms with Crippen LogP contribution >= 0.6 is 11.6 Å². The first-order valence-electron chi connectivity index (χ1n) is 6.03. The highest BCUT2D eigenvalue weighted by Crippen LogP contribution is 2.43. The van der Waals surface area contributed by atoms with Crippen molar-refractivity contribution < 1.29 is 9.90 Å². The fourth-order valence-corrected chi connectivity index (χ4v) is 2.38. The van der Waals surface area contributed by atoms with Crippen molar-refractivity contribution in [1.29, 1.82) is 0 Å². The van der Waals surface area contributed by atoms with E-state index in [1.165, 1.54) is 0 Å². The number of halogens is 1. The van der Waals surface area contributed by atoms with Crippen LogP contribution in [0.4, 0.5) is 0 Å². The maximum absolute atomic E-state index is 11.0. The summed E-state index contributed by atoms with van der Waals surface area (Å²) >= 11 is 6.03. The Morgan fingerprint density at radius 2 is 2.21 bits per heavy atom. The number of carboxylic acid groups (broad SMARTS) is 1. The van der Waals surface area contributed by atoms with Crippen molar-refractivity contribution >= 4 is 17.6 Å². The first kappa shape index (κ1) is 12.2. The number of carbonyl (C=O) groups is 1. The molecular formula is C13H12ClN3O2. The van der Waals surface area contributed by atoms with Crippen LogP contribution in [-0.2, 0) is 0 Å². The minimum Gasteiger partial charge on any atom is -0.476 e. The summed E-state index contributed by atoms with van der Waals surface area (Å²) in [6.07, 6.45) is 2.26. The van der Waals surface area contributed by atoms with Gasteiger partial charge in [-0.15, -0.1) is 5.10 Å². The molecule has 0 amide bonds. The number of nitrogens with zero attached hydrogens (tertiary/aromatic N) is 3. The molecule has 0 spiro atoms. The normalized spacial score (nSPS) is 14.6. The second-order valence-electron chi connectivity index (χ2n) is 4.72. The van der Waals surface area contributed by atoms with Crippen LogP contribution in [0.3, 0.4) is 0 Å². The van der Waals surface area contributed by atoms with E-state index in [1.54, 1.807) is 17.7 Å². The van der Waals surface area contributed by atoms with E-state index in [2.05, 4.69) is 10.3 Å². The molecule has 1 saturated carbocycles. The molecule has 0 unspecified atom stereocenters. The predicted octanol–water partition coefficient (Wildman–Crippen LogP) is 2.80. The van der Waals surface area contributed by atoms with Gasteiger partial charge < -0.3 is 5.11 Å². The summed E-state index contributed by atoms with van der Waals surface area (Å²) in [7, 11) is 0. The second-order valence-corrected chi connectivity index (χ2v) is 5.15. The number of carboxylic acids is 1. The zero-order valence-corrected chi connectivity index (χ0v) is 11.1. The molecule has 0 radical (unpaired) electrons. The van der Waals surface area contributed by atoms with E-state index in [9.17, 15) is 4.79 Å². The fourth-order valence-electron chi connectivity index (χ4n) is 2.20. The summed E-state index contributed by atoms with van der Waals surface area (Å²) in [4.78, 5) is 11.0. The lowest BCUT2D eigenvalue weighted by Crippen LogP contribution is -2.05. The largest absolute Gasteiger partial charge is 0.476 e. The van der Waals surface area contributed by atoms with Gasteiger partial charge in [-0.05, 0) is 49.4 Å². The summed E-state index contributed by atoms with van der Waals surface area (Å²) in [5.41, 5.74) is 2.48. The van der Waals surface area contributed by atoms with E-state index in [1.807, 2.05) is 12.1 Å². The average molecular weight is 278 g/mol. The number of rotatable bonds is 3. The SMILES string of the molecule is Cc1c(C(=O)O)nnn1-c1ccc(Cl)cc1C1CC1. The van der Waals surface area contributed by atoms with E-state index >= 15 is 0 Å². The van der Waals surface area contributed by atoms with Gasteiger partial charge in [0.25, 0.3) is 0 Å². The number of aromatic nitrogens is 3. The summed E-state index contributed by atoms with van der Waals surface area (Å²) < 4.78 is 1.58. The fraction of sp³-hybridized carbons (Fsp3) is 0.308. The maximum Gasteiger partial charge on any atom is 0.358 e. The molecule has 6 heteroatoms. The average Bonchev–Trinajstić information content (AvgIpc) is 3.13. The number of hydrogen-bond donors (Lipinski definition) is 1. The third kappa shape index (κ3) is 2.10. The van der Waals surface area contributed by atoms with Crippen LogP contribution in [0.2, 0.25) is 5.02 Å². The van der Waals surface area contributed by atoms with E-state index in [-0.39, 0.29) is 5.69 Å². The molecule has 19 heavy (non-hydrogen) atoms. The van der Waals surface area contributed by atoms with E-state index in [0.717, 1.165) is 24.1 Å². The molecule has 1 aliphatic rings. The predicted molar refractivity (Wildman–Crippen MR) is 70.0 cm³/mol. The Morgan fingerprint density at radius 1 is 1.47 bits per heavy atom. The third-order valence-electron chi connectivity index (χ3n) is 3.33. The van der Waals surface area contributed by atoms with Gasteiger partial charge in [0.2, 0.25) is 0 Å². The van der Waals surface area contributed by atoms with Crippen LogP contribution in [-0.4, -0.2) is 26.1 Å². The lowest BCUT2D eigenvalue weighted by molar-refractivity contribution is 0.0689. The molecule has 5 nitrogen and oxygen atoms in total. The molecule has 98 valence electrons. The van der Waals surface area contributed by atoms with Crippen molar-refractivity contribution in [3.05, 3.63) is 40.2 Å². The molecule has 1 N–H and O–H groups in total. The molecule has 1 fully saturated rings. The molecule has 1 aliphatic carbocycles. The number of hydrogen-bond acceptors (Lipinski definition) is 3. The molecule has 0 bridgehead atoms. The van der Waals surface area contributed by atoms with Gasteiger partial charge in [-0.1, -0.05) is 16.8 Å². The van der Waals surface area contributed by atoms with Gasteiger partial charge in [0.1, 0.15) is 0 Å². The van der Waals surface area contributed by atoms with Gasteiger partial charge >= 0.3 is 5.97 Å². The molecule has 3 rings (SSSR count). The smallest absolute Gasteiger partial charge is 0.358 e. The summed E-state index contributed by atoms with van der Waals surface area (Å²) in [6.45, 7) is 1.70. The molecule has 2 aromatic rings. The van der Waals surface area contributed by atoms with E-state index in [0.29, 0.717) is 16.6 Å². The lowest BCUT2D eigenvalue weighted by Gasteiger charge is -2.10. The van der Waals surface area contributed by atoms with Crippen molar-refractivity contribution in [3.8, 4) is 5.69 Å². The van der Waals surface area contributed by atoms with Crippen LogP contribution < -0.4 is 0 Å². The molecule has 0 atom stereocenters. The van der Waals surface area contributed by atoms with Gasteiger partial charge in [0.05, 0.1) is 11.4 Å². The first-order valence-corrected chi connectivity index (χ1v) is 6.41. The highest BCUT2D eigenvalue weighted by Gasteiger charge is 2.28. The molecule has 1 heterocycles. The standard InChI is InChI=1S/C13H12ClN3O2/c1-7-12(13(18)19)15-16-17(7)11-5-4-9(14)6-10(11)8-2-3-8/h4-6,8H,2-3H2,1H3,(H,18,19). The van der Waals surface area contributed by atoms with Crippen LogP contribution in [0.5, 0.6) is 0 Å². The molecule has 1 aromatic heterocycles. The highest BCUT2D eigenvalue weighted by atomic mass is 35.5. The lowest BCUT2D eigenvalue weighted by atomic mass is 10.1. The minimum atomic E-state index is -1.06. The Hall–Kier alpha value is -1.88. The van der Waals surface area contributed by atoms with Crippen molar-refractivity contribution in [2.24, 2.45) is 0 Å². The summed E-state index contributed by atoms with van der Waals surface area (Å²) in [5.74, 6) is -0.573. The van der Waals surface area contributed by atoms with Crippen LogP contribution in [0.15, 0.2) is 18.2 Å². The van der Waals surface area contributed by atoms with Gasteiger partial charge in [-0.3, -0.25) is 0 Å². The van der Waals surface area contributed by atoms with Gasteiger partial charge in [-0.2, -0.15) is 0 Å². The van der Waals surface area contributed by atoms with Crippen molar-refractivity contribution in [3.63, 3.8) is 0 Å². The molecule has 0 aliphatic heterocycles. The Labute approximate surface area is 114 Å². The Balaban J connectivity index is 2.14. The van der Waals surface area contributed by atoms with Crippen LogP contribution in [0.1, 0.15) is 40.5 Å². The Morgan fingerprint density at radius 3 is 2.79 bits per heavy atom. The summed E-state index contributed by atoms with van der Waals surface area (Å²) in [5, 5.41) is 17.4. The van der Waals surface area contributed by atoms with Gasteiger partial charge in [0, 0.05) is 5.02 Å². The second kappa shape index (κ2) is 4.35. The first-order chi connectivity index (χ1) is 9.08. The van der Waals surface area contributed by atoms with Crippen LogP contribution in [0.25, 0.3) is 5.69 Å². The molecule has 1 aromatic carbocycles. The minimum absolute atomic E-state index is 0.0169. The summed E-state index contributed by atoms with van der Waals surface area (Å²) in [6, 6.07) is 5.57. The highest BCUT2D eigenvalue weighted by molar-refractivity contribution is 6.30. The maximum atomic E-state index is 11.0.